The highest BCUT2D eigenvalue weighted by atomic mass is 32.1. The second-order valence-corrected chi connectivity index (χ2v) is 5.51. The fourth-order valence-corrected chi connectivity index (χ4v) is 2.77. The molecule has 0 saturated carbocycles. The molecule has 21 heavy (non-hydrogen) atoms. The predicted molar refractivity (Wildman–Crippen MR) is 84.5 cm³/mol. The number of aliphatic hydroxyl groups is 1. The van der Waals surface area contributed by atoms with Crippen molar-refractivity contribution in [2.45, 2.75) is 13.0 Å². The summed E-state index contributed by atoms with van der Waals surface area (Å²) in [7, 11) is 1.62. The Hall–Kier alpha value is -1.92. The molecule has 0 aliphatic heterocycles. The largest absolute Gasteiger partial charge is 0.395 e. The molecule has 1 heterocycles. The van der Waals surface area contributed by atoms with Crippen molar-refractivity contribution < 1.29 is 9.90 Å². The van der Waals surface area contributed by atoms with Crippen LogP contribution in [0.2, 0.25) is 0 Å². The topological polar surface area (TPSA) is 65.5 Å². The second kappa shape index (κ2) is 7.75. The Morgan fingerprint density at radius 3 is 2.81 bits per heavy atom. The Bertz CT molecular complexity index is 571. The summed E-state index contributed by atoms with van der Waals surface area (Å²) < 4.78 is 0. The first-order valence-corrected chi connectivity index (χ1v) is 7.65. The van der Waals surface area contributed by atoms with Crippen LogP contribution < -0.4 is 10.2 Å². The SMILES string of the molecule is CNC(=O)Cc1nc(CN(CCO)c2ccccc2)cs1. The van der Waals surface area contributed by atoms with E-state index in [0.29, 0.717) is 19.5 Å². The highest BCUT2D eigenvalue weighted by Gasteiger charge is 2.11. The molecule has 2 aromatic rings. The summed E-state index contributed by atoms with van der Waals surface area (Å²) >= 11 is 1.49. The van der Waals surface area contributed by atoms with Crippen molar-refractivity contribution in [3.05, 3.63) is 46.4 Å². The standard InChI is InChI=1S/C15H19N3O2S/c1-16-14(20)9-15-17-12(11-21-15)10-18(7-8-19)13-5-3-2-4-6-13/h2-6,11,19H,7-10H2,1H3,(H,16,20). The minimum Gasteiger partial charge on any atom is -0.395 e. The summed E-state index contributed by atoms with van der Waals surface area (Å²) in [5.74, 6) is -0.0360. The molecule has 0 atom stereocenters. The molecule has 2 N–H and O–H groups in total. The molecule has 5 nitrogen and oxygen atoms in total. The molecule has 1 amide bonds. The number of hydrogen-bond acceptors (Lipinski definition) is 5. The quantitative estimate of drug-likeness (QED) is 0.812. The molecule has 0 aliphatic carbocycles. The minimum absolute atomic E-state index is 0.0360. The molecule has 112 valence electrons. The lowest BCUT2D eigenvalue weighted by atomic mass is 10.2. The number of hydrogen-bond donors (Lipinski definition) is 2. The van der Waals surface area contributed by atoms with E-state index in [-0.39, 0.29) is 12.5 Å². The Morgan fingerprint density at radius 2 is 2.14 bits per heavy atom. The van der Waals surface area contributed by atoms with Crippen LogP contribution in [0.25, 0.3) is 0 Å². The van der Waals surface area contributed by atoms with E-state index in [9.17, 15) is 9.90 Å². The first-order chi connectivity index (χ1) is 10.2. The average molecular weight is 305 g/mol. The number of amides is 1. The van der Waals surface area contributed by atoms with Gasteiger partial charge in [-0.25, -0.2) is 4.98 Å². The third kappa shape index (κ3) is 4.54. The van der Waals surface area contributed by atoms with Gasteiger partial charge in [0.1, 0.15) is 5.01 Å². The molecule has 0 aliphatic rings. The number of nitrogens with zero attached hydrogens (tertiary/aromatic N) is 2. The molecule has 0 fully saturated rings. The number of aliphatic hydroxyl groups excluding tert-OH is 1. The molecule has 6 heteroatoms. The summed E-state index contributed by atoms with van der Waals surface area (Å²) in [6.07, 6.45) is 0.312. The van der Waals surface area contributed by atoms with Crippen molar-refractivity contribution in [2.24, 2.45) is 0 Å². The maximum atomic E-state index is 11.3. The monoisotopic (exact) mass is 305 g/mol. The third-order valence-electron chi connectivity index (χ3n) is 3.03. The van der Waals surface area contributed by atoms with Gasteiger partial charge in [0.15, 0.2) is 0 Å². The van der Waals surface area contributed by atoms with Gasteiger partial charge in [0.05, 0.1) is 25.3 Å². The van der Waals surface area contributed by atoms with Crippen molar-refractivity contribution >= 4 is 22.9 Å². The number of rotatable bonds is 7. The van der Waals surface area contributed by atoms with Crippen LogP contribution in [0.3, 0.4) is 0 Å². The number of nitrogens with one attached hydrogen (secondary N) is 1. The molecular formula is C15H19N3O2S. The fraction of sp³-hybridized carbons (Fsp3) is 0.333. The van der Waals surface area contributed by atoms with Crippen LogP contribution in [0.5, 0.6) is 0 Å². The fourth-order valence-electron chi connectivity index (χ4n) is 1.98. The lowest BCUT2D eigenvalue weighted by molar-refractivity contribution is -0.119. The van der Waals surface area contributed by atoms with Gasteiger partial charge >= 0.3 is 0 Å². The van der Waals surface area contributed by atoms with Crippen LogP contribution in [0, 0.1) is 0 Å². The summed E-state index contributed by atoms with van der Waals surface area (Å²) in [5, 5.41) is 14.6. The Kier molecular flexibility index (Phi) is 5.71. The van der Waals surface area contributed by atoms with Crippen LogP contribution >= 0.6 is 11.3 Å². The van der Waals surface area contributed by atoms with Gasteiger partial charge in [-0.15, -0.1) is 11.3 Å². The zero-order valence-electron chi connectivity index (χ0n) is 12.0. The molecule has 1 aromatic heterocycles. The van der Waals surface area contributed by atoms with Gasteiger partial charge < -0.3 is 15.3 Å². The van der Waals surface area contributed by atoms with E-state index in [2.05, 4.69) is 15.2 Å². The zero-order valence-corrected chi connectivity index (χ0v) is 12.8. The smallest absolute Gasteiger partial charge is 0.226 e. The summed E-state index contributed by atoms with van der Waals surface area (Å²) in [5.41, 5.74) is 1.96. The van der Waals surface area contributed by atoms with Gasteiger partial charge in [0.2, 0.25) is 5.91 Å². The third-order valence-corrected chi connectivity index (χ3v) is 3.93. The molecule has 1 aromatic carbocycles. The molecular weight excluding hydrogens is 286 g/mol. The van der Waals surface area contributed by atoms with Crippen LogP contribution in [0.1, 0.15) is 10.7 Å². The number of para-hydroxylation sites is 1. The summed E-state index contributed by atoms with van der Waals surface area (Å²) in [4.78, 5) is 17.9. The van der Waals surface area contributed by atoms with E-state index in [0.717, 1.165) is 16.4 Å². The van der Waals surface area contributed by atoms with Crippen molar-refractivity contribution in [2.75, 3.05) is 25.1 Å². The number of anilines is 1. The molecule has 0 saturated heterocycles. The Balaban J connectivity index is 2.05. The van der Waals surface area contributed by atoms with Crippen LogP contribution in [-0.2, 0) is 17.8 Å². The second-order valence-electron chi connectivity index (χ2n) is 4.56. The highest BCUT2D eigenvalue weighted by molar-refractivity contribution is 7.09. The van der Waals surface area contributed by atoms with Crippen LogP contribution in [0.15, 0.2) is 35.7 Å². The van der Waals surface area contributed by atoms with E-state index in [1.807, 2.05) is 35.7 Å². The molecule has 2 rings (SSSR count). The molecule has 0 radical (unpaired) electrons. The number of carbonyl (C=O) groups excluding carboxylic acids is 1. The number of thiazole rings is 1. The predicted octanol–water partition coefficient (Wildman–Crippen LogP) is 1.43. The molecule has 0 bridgehead atoms. The lowest BCUT2D eigenvalue weighted by Gasteiger charge is -2.22. The number of likely N-dealkylation sites (N-methyl/N-ethyl adjacent to an activating group) is 1. The van der Waals surface area contributed by atoms with Gasteiger partial charge in [0, 0.05) is 24.7 Å². The number of benzene rings is 1. The molecule has 0 spiro atoms. The lowest BCUT2D eigenvalue weighted by Crippen LogP contribution is -2.26. The van der Waals surface area contributed by atoms with E-state index in [1.165, 1.54) is 11.3 Å². The first kappa shape index (κ1) is 15.5. The van der Waals surface area contributed by atoms with E-state index >= 15 is 0 Å². The normalized spacial score (nSPS) is 10.4. The van der Waals surface area contributed by atoms with E-state index < -0.39 is 0 Å². The van der Waals surface area contributed by atoms with Gasteiger partial charge in [-0.05, 0) is 12.1 Å². The number of aromatic nitrogens is 1. The van der Waals surface area contributed by atoms with Crippen molar-refractivity contribution in [1.82, 2.24) is 10.3 Å². The zero-order chi connectivity index (χ0) is 15.1. The Labute approximate surface area is 128 Å². The maximum absolute atomic E-state index is 11.3. The van der Waals surface area contributed by atoms with Crippen molar-refractivity contribution in [1.29, 1.82) is 0 Å². The maximum Gasteiger partial charge on any atom is 0.226 e. The van der Waals surface area contributed by atoms with Gasteiger partial charge in [-0.2, -0.15) is 0 Å². The van der Waals surface area contributed by atoms with Crippen LogP contribution in [-0.4, -0.2) is 36.2 Å². The van der Waals surface area contributed by atoms with Crippen molar-refractivity contribution in [3.63, 3.8) is 0 Å². The van der Waals surface area contributed by atoms with Crippen LogP contribution in [0.4, 0.5) is 5.69 Å². The minimum atomic E-state index is -0.0360. The Morgan fingerprint density at radius 1 is 1.38 bits per heavy atom. The van der Waals surface area contributed by atoms with Crippen molar-refractivity contribution in [3.8, 4) is 0 Å². The van der Waals surface area contributed by atoms with Gasteiger partial charge in [-0.1, -0.05) is 18.2 Å². The van der Waals surface area contributed by atoms with Gasteiger partial charge in [0.25, 0.3) is 0 Å². The van der Waals surface area contributed by atoms with E-state index in [4.69, 9.17) is 0 Å². The molecule has 0 unspecified atom stereocenters. The summed E-state index contributed by atoms with van der Waals surface area (Å²) in [6, 6.07) is 9.92. The summed E-state index contributed by atoms with van der Waals surface area (Å²) in [6.45, 7) is 1.26. The van der Waals surface area contributed by atoms with Gasteiger partial charge in [-0.3, -0.25) is 4.79 Å². The first-order valence-electron chi connectivity index (χ1n) is 6.77. The van der Waals surface area contributed by atoms with E-state index in [1.54, 1.807) is 7.05 Å². The number of carbonyl (C=O) groups is 1. The highest BCUT2D eigenvalue weighted by Crippen LogP contribution is 2.18. The average Bonchev–Trinajstić information content (AvgIpc) is 2.94.